The quantitative estimate of drug-likeness (QED) is 0.819. The van der Waals surface area contributed by atoms with Crippen LogP contribution in [0.2, 0.25) is 5.15 Å². The van der Waals surface area contributed by atoms with Crippen molar-refractivity contribution in [2.24, 2.45) is 11.8 Å². The number of halogens is 1. The van der Waals surface area contributed by atoms with E-state index in [1.165, 1.54) is 12.8 Å². The van der Waals surface area contributed by atoms with Crippen molar-refractivity contribution in [2.45, 2.75) is 19.8 Å². The maximum absolute atomic E-state index is 11.7. The first-order valence-electron chi connectivity index (χ1n) is 5.56. The molecule has 1 atom stereocenters. The van der Waals surface area contributed by atoms with E-state index in [-0.39, 0.29) is 5.91 Å². The van der Waals surface area contributed by atoms with Gasteiger partial charge in [0.15, 0.2) is 0 Å². The maximum atomic E-state index is 11.7. The lowest BCUT2D eigenvalue weighted by atomic mass is 10.1. The fraction of sp³-hybridized carbons (Fsp3) is 0.500. The summed E-state index contributed by atoms with van der Waals surface area (Å²) >= 11 is 5.72. The Morgan fingerprint density at radius 3 is 3.06 bits per heavy atom. The van der Waals surface area contributed by atoms with Crippen molar-refractivity contribution in [2.75, 3.05) is 6.54 Å². The SMILES string of the molecule is CC(CNC(=O)c1ccnc(Cl)c1)C1CC1. The lowest BCUT2D eigenvalue weighted by Crippen LogP contribution is -2.29. The second-order valence-corrected chi connectivity index (χ2v) is 4.78. The molecule has 1 saturated carbocycles. The molecular weight excluding hydrogens is 224 g/mol. The zero-order valence-electron chi connectivity index (χ0n) is 9.24. The fourth-order valence-electron chi connectivity index (χ4n) is 1.73. The number of carbonyl (C=O) groups is 1. The summed E-state index contributed by atoms with van der Waals surface area (Å²) in [5.74, 6) is 1.30. The Hall–Kier alpha value is -1.09. The van der Waals surface area contributed by atoms with Gasteiger partial charge in [0.05, 0.1) is 0 Å². The van der Waals surface area contributed by atoms with Gasteiger partial charge in [0.1, 0.15) is 5.15 Å². The molecule has 0 aromatic carbocycles. The summed E-state index contributed by atoms with van der Waals surface area (Å²) in [5, 5.41) is 3.27. The summed E-state index contributed by atoms with van der Waals surface area (Å²) in [6.07, 6.45) is 4.15. The van der Waals surface area contributed by atoms with E-state index in [2.05, 4.69) is 17.2 Å². The number of amides is 1. The van der Waals surface area contributed by atoms with Crippen LogP contribution in [0.3, 0.4) is 0 Å². The zero-order chi connectivity index (χ0) is 11.5. The van der Waals surface area contributed by atoms with Crippen LogP contribution in [-0.4, -0.2) is 17.4 Å². The Labute approximate surface area is 100 Å². The Morgan fingerprint density at radius 2 is 2.44 bits per heavy atom. The third kappa shape index (κ3) is 2.95. The molecule has 0 aliphatic heterocycles. The van der Waals surface area contributed by atoms with E-state index < -0.39 is 0 Å². The minimum atomic E-state index is -0.0724. The molecule has 3 nitrogen and oxygen atoms in total. The smallest absolute Gasteiger partial charge is 0.251 e. The lowest BCUT2D eigenvalue weighted by Gasteiger charge is -2.11. The van der Waals surface area contributed by atoms with Crippen molar-refractivity contribution in [1.29, 1.82) is 0 Å². The van der Waals surface area contributed by atoms with Gasteiger partial charge in [-0.2, -0.15) is 0 Å². The highest BCUT2D eigenvalue weighted by Crippen LogP contribution is 2.36. The molecule has 1 aliphatic rings. The monoisotopic (exact) mass is 238 g/mol. The van der Waals surface area contributed by atoms with E-state index in [1.54, 1.807) is 18.3 Å². The van der Waals surface area contributed by atoms with Crippen molar-refractivity contribution in [1.82, 2.24) is 10.3 Å². The van der Waals surface area contributed by atoms with E-state index in [1.807, 2.05) is 0 Å². The van der Waals surface area contributed by atoms with Gasteiger partial charge in [-0.15, -0.1) is 0 Å². The standard InChI is InChI=1S/C12H15ClN2O/c1-8(9-2-3-9)7-15-12(16)10-4-5-14-11(13)6-10/h4-6,8-9H,2-3,7H2,1H3,(H,15,16). The molecule has 1 aromatic heterocycles. The van der Waals surface area contributed by atoms with Crippen molar-refractivity contribution in [3.8, 4) is 0 Å². The third-order valence-corrected chi connectivity index (χ3v) is 3.21. The second-order valence-electron chi connectivity index (χ2n) is 4.39. The zero-order valence-corrected chi connectivity index (χ0v) is 10.00. The highest BCUT2D eigenvalue weighted by atomic mass is 35.5. The average Bonchev–Trinajstić information content (AvgIpc) is 3.09. The van der Waals surface area contributed by atoms with Crippen LogP contribution in [0.15, 0.2) is 18.3 Å². The number of nitrogens with zero attached hydrogens (tertiary/aromatic N) is 1. The summed E-state index contributed by atoms with van der Waals surface area (Å²) in [6.45, 7) is 2.92. The molecule has 1 aliphatic carbocycles. The van der Waals surface area contributed by atoms with E-state index in [9.17, 15) is 4.79 Å². The van der Waals surface area contributed by atoms with Crippen LogP contribution >= 0.6 is 11.6 Å². The molecule has 1 amide bonds. The molecule has 1 unspecified atom stereocenters. The first-order chi connectivity index (χ1) is 7.66. The fourth-order valence-corrected chi connectivity index (χ4v) is 1.91. The average molecular weight is 239 g/mol. The summed E-state index contributed by atoms with van der Waals surface area (Å²) in [6, 6.07) is 3.25. The molecular formula is C12H15ClN2O. The topological polar surface area (TPSA) is 42.0 Å². The first-order valence-corrected chi connectivity index (χ1v) is 5.94. The van der Waals surface area contributed by atoms with Gasteiger partial charge in [-0.3, -0.25) is 4.79 Å². The predicted octanol–water partition coefficient (Wildman–Crippen LogP) is 2.51. The summed E-state index contributed by atoms with van der Waals surface area (Å²) in [5.41, 5.74) is 0.572. The van der Waals surface area contributed by atoms with E-state index in [4.69, 9.17) is 11.6 Å². The van der Waals surface area contributed by atoms with Gasteiger partial charge in [-0.25, -0.2) is 4.98 Å². The summed E-state index contributed by atoms with van der Waals surface area (Å²) in [4.78, 5) is 15.6. The van der Waals surface area contributed by atoms with Crippen molar-refractivity contribution < 1.29 is 4.79 Å². The van der Waals surface area contributed by atoms with Gasteiger partial charge in [0.2, 0.25) is 0 Å². The minimum Gasteiger partial charge on any atom is -0.352 e. The molecule has 2 rings (SSSR count). The highest BCUT2D eigenvalue weighted by Gasteiger charge is 2.27. The van der Waals surface area contributed by atoms with Crippen LogP contribution in [0.4, 0.5) is 0 Å². The molecule has 86 valence electrons. The Balaban J connectivity index is 1.87. The van der Waals surface area contributed by atoms with Crippen LogP contribution in [-0.2, 0) is 0 Å². The molecule has 0 bridgehead atoms. The molecule has 0 radical (unpaired) electrons. The van der Waals surface area contributed by atoms with Crippen LogP contribution in [0.1, 0.15) is 30.1 Å². The van der Waals surface area contributed by atoms with E-state index in [0.29, 0.717) is 16.6 Å². The van der Waals surface area contributed by atoms with Crippen LogP contribution in [0, 0.1) is 11.8 Å². The van der Waals surface area contributed by atoms with E-state index >= 15 is 0 Å². The molecule has 4 heteroatoms. The molecule has 0 saturated heterocycles. The van der Waals surface area contributed by atoms with Crippen LogP contribution < -0.4 is 5.32 Å². The minimum absolute atomic E-state index is 0.0724. The second kappa shape index (κ2) is 4.83. The Bertz CT molecular complexity index is 390. The summed E-state index contributed by atoms with van der Waals surface area (Å²) in [7, 11) is 0. The van der Waals surface area contributed by atoms with Crippen molar-refractivity contribution in [3.63, 3.8) is 0 Å². The maximum Gasteiger partial charge on any atom is 0.251 e. The normalized spacial score (nSPS) is 16.9. The molecule has 1 fully saturated rings. The number of nitrogens with one attached hydrogen (secondary N) is 1. The molecule has 1 heterocycles. The van der Waals surface area contributed by atoms with Gasteiger partial charge < -0.3 is 5.32 Å². The van der Waals surface area contributed by atoms with Gasteiger partial charge in [-0.05, 0) is 36.8 Å². The Morgan fingerprint density at radius 1 is 1.69 bits per heavy atom. The van der Waals surface area contributed by atoms with Crippen LogP contribution in [0.5, 0.6) is 0 Å². The molecule has 16 heavy (non-hydrogen) atoms. The molecule has 1 N–H and O–H groups in total. The number of hydrogen-bond donors (Lipinski definition) is 1. The molecule has 1 aromatic rings. The van der Waals surface area contributed by atoms with Gasteiger partial charge in [0, 0.05) is 18.3 Å². The summed E-state index contributed by atoms with van der Waals surface area (Å²) < 4.78 is 0. The lowest BCUT2D eigenvalue weighted by molar-refractivity contribution is 0.0946. The molecule has 0 spiro atoms. The number of rotatable bonds is 4. The third-order valence-electron chi connectivity index (χ3n) is 3.00. The number of hydrogen-bond acceptors (Lipinski definition) is 2. The number of aromatic nitrogens is 1. The number of carbonyl (C=O) groups excluding carboxylic acids is 1. The Kier molecular flexibility index (Phi) is 3.44. The van der Waals surface area contributed by atoms with Gasteiger partial charge >= 0.3 is 0 Å². The van der Waals surface area contributed by atoms with Gasteiger partial charge in [0.25, 0.3) is 5.91 Å². The van der Waals surface area contributed by atoms with Gasteiger partial charge in [-0.1, -0.05) is 18.5 Å². The van der Waals surface area contributed by atoms with E-state index in [0.717, 1.165) is 12.5 Å². The van der Waals surface area contributed by atoms with Crippen molar-refractivity contribution >= 4 is 17.5 Å². The van der Waals surface area contributed by atoms with Crippen molar-refractivity contribution in [3.05, 3.63) is 29.0 Å². The largest absolute Gasteiger partial charge is 0.352 e. The first kappa shape index (κ1) is 11.4. The highest BCUT2D eigenvalue weighted by molar-refractivity contribution is 6.29. The number of pyridine rings is 1. The van der Waals surface area contributed by atoms with Crippen LogP contribution in [0.25, 0.3) is 0 Å². The predicted molar refractivity (Wildman–Crippen MR) is 63.5 cm³/mol.